The Morgan fingerprint density at radius 3 is 2.71 bits per heavy atom. The van der Waals surface area contributed by atoms with E-state index < -0.39 is 0 Å². The van der Waals surface area contributed by atoms with Gasteiger partial charge in [0.05, 0.1) is 5.56 Å². The van der Waals surface area contributed by atoms with Crippen LogP contribution in [-0.2, 0) is 4.74 Å². The molecule has 3 heteroatoms. The molecule has 92 valence electrons. The smallest absolute Gasteiger partial charge is 0.339 e. The molecule has 1 aromatic rings. The third-order valence-electron chi connectivity index (χ3n) is 3.17. The predicted molar refractivity (Wildman–Crippen MR) is 66.7 cm³/mol. The number of benzene rings is 1. The van der Waals surface area contributed by atoms with Crippen LogP contribution in [0.15, 0.2) is 30.3 Å². The molecule has 3 nitrogen and oxygen atoms in total. The van der Waals surface area contributed by atoms with Crippen molar-refractivity contribution >= 4 is 5.97 Å². The Bertz CT molecular complexity index is 386. The van der Waals surface area contributed by atoms with Crippen LogP contribution in [0.3, 0.4) is 0 Å². The first kappa shape index (κ1) is 12.1. The van der Waals surface area contributed by atoms with Crippen molar-refractivity contribution in [3.8, 4) is 0 Å². The Balaban J connectivity index is 1.95. The lowest BCUT2D eigenvalue weighted by Gasteiger charge is -2.35. The van der Waals surface area contributed by atoms with Crippen LogP contribution < -0.4 is 5.32 Å². The number of carbonyl (C=O) groups excluding carboxylic acids is 1. The summed E-state index contributed by atoms with van der Waals surface area (Å²) in [4.78, 5) is 11.9. The maximum atomic E-state index is 11.9. The van der Waals surface area contributed by atoms with Crippen molar-refractivity contribution in [2.24, 2.45) is 5.41 Å². The molecule has 1 N–H and O–H groups in total. The minimum atomic E-state index is -0.249. The number of ether oxygens (including phenoxy) is 1. The summed E-state index contributed by atoms with van der Waals surface area (Å²) >= 11 is 0. The fraction of sp³-hybridized carbons (Fsp3) is 0.500. The van der Waals surface area contributed by atoms with Gasteiger partial charge in [0.1, 0.15) is 0 Å². The van der Waals surface area contributed by atoms with Gasteiger partial charge in [-0.1, -0.05) is 32.0 Å². The third kappa shape index (κ3) is 3.30. The van der Waals surface area contributed by atoms with Crippen LogP contribution in [0, 0.1) is 5.41 Å². The average molecular weight is 233 g/mol. The molecule has 1 heterocycles. The standard InChI is InChI=1S/C14H19NO2/c1-14(2)8-9-15-12(10-14)17-13(16)11-6-4-3-5-7-11/h3-7,12,15H,8-10H2,1-2H3. The van der Waals surface area contributed by atoms with Crippen molar-refractivity contribution in [1.82, 2.24) is 5.32 Å². The van der Waals surface area contributed by atoms with Crippen LogP contribution in [0.5, 0.6) is 0 Å². The number of piperidine rings is 1. The monoisotopic (exact) mass is 233 g/mol. The second kappa shape index (κ2) is 4.88. The van der Waals surface area contributed by atoms with Gasteiger partial charge in [-0.25, -0.2) is 4.79 Å². The molecule has 2 rings (SSSR count). The minimum absolute atomic E-state index is 0.161. The van der Waals surface area contributed by atoms with Crippen molar-refractivity contribution in [3.63, 3.8) is 0 Å². The first-order chi connectivity index (χ1) is 8.07. The van der Waals surface area contributed by atoms with Crippen LogP contribution in [0.4, 0.5) is 0 Å². The molecule has 1 saturated heterocycles. The van der Waals surface area contributed by atoms with Gasteiger partial charge in [-0.3, -0.25) is 5.32 Å². The molecule has 0 aliphatic carbocycles. The van der Waals surface area contributed by atoms with Gasteiger partial charge in [0.2, 0.25) is 0 Å². The summed E-state index contributed by atoms with van der Waals surface area (Å²) in [5, 5.41) is 3.23. The summed E-state index contributed by atoms with van der Waals surface area (Å²) in [5.74, 6) is -0.249. The summed E-state index contributed by atoms with van der Waals surface area (Å²) in [6, 6.07) is 9.12. The second-order valence-corrected chi connectivity index (χ2v) is 5.33. The summed E-state index contributed by atoms with van der Waals surface area (Å²) < 4.78 is 5.46. The normalized spacial score (nSPS) is 23.1. The average Bonchev–Trinajstić information content (AvgIpc) is 2.29. The molecular weight excluding hydrogens is 214 g/mol. The SMILES string of the molecule is CC1(C)CCNC(OC(=O)c2ccccc2)C1. The fourth-order valence-electron chi connectivity index (χ4n) is 2.10. The molecule has 0 radical (unpaired) electrons. The molecule has 0 spiro atoms. The van der Waals surface area contributed by atoms with Crippen molar-refractivity contribution in [2.75, 3.05) is 6.54 Å². The van der Waals surface area contributed by atoms with Crippen LogP contribution in [-0.4, -0.2) is 18.7 Å². The van der Waals surface area contributed by atoms with E-state index >= 15 is 0 Å². The largest absolute Gasteiger partial charge is 0.443 e. The number of carbonyl (C=O) groups is 1. The molecular formula is C14H19NO2. The Kier molecular flexibility index (Phi) is 3.48. The number of hydrogen-bond donors (Lipinski definition) is 1. The molecule has 0 amide bonds. The molecule has 17 heavy (non-hydrogen) atoms. The van der Waals surface area contributed by atoms with E-state index in [4.69, 9.17) is 4.74 Å². The lowest BCUT2D eigenvalue weighted by Crippen LogP contribution is -2.44. The lowest BCUT2D eigenvalue weighted by atomic mass is 9.82. The maximum absolute atomic E-state index is 11.9. The summed E-state index contributed by atoms with van der Waals surface area (Å²) in [5.41, 5.74) is 0.852. The first-order valence-corrected chi connectivity index (χ1v) is 6.06. The van der Waals surface area contributed by atoms with E-state index in [0.29, 0.717) is 5.56 Å². The second-order valence-electron chi connectivity index (χ2n) is 5.33. The minimum Gasteiger partial charge on any atom is -0.443 e. The molecule has 1 aliphatic heterocycles. The van der Waals surface area contributed by atoms with E-state index in [0.717, 1.165) is 19.4 Å². The highest BCUT2D eigenvalue weighted by molar-refractivity contribution is 5.89. The number of esters is 1. The Morgan fingerprint density at radius 1 is 1.35 bits per heavy atom. The summed E-state index contributed by atoms with van der Waals surface area (Å²) in [6.45, 7) is 5.31. The Hall–Kier alpha value is -1.35. The first-order valence-electron chi connectivity index (χ1n) is 6.06. The van der Waals surface area contributed by atoms with Crippen molar-refractivity contribution < 1.29 is 9.53 Å². The third-order valence-corrected chi connectivity index (χ3v) is 3.17. The maximum Gasteiger partial charge on any atom is 0.339 e. The van der Waals surface area contributed by atoms with Gasteiger partial charge in [-0.2, -0.15) is 0 Å². The quantitative estimate of drug-likeness (QED) is 0.798. The summed E-state index contributed by atoms with van der Waals surface area (Å²) in [7, 11) is 0. The zero-order valence-corrected chi connectivity index (χ0v) is 10.4. The van der Waals surface area contributed by atoms with Crippen molar-refractivity contribution in [2.45, 2.75) is 32.9 Å². The van der Waals surface area contributed by atoms with Gasteiger partial charge >= 0.3 is 5.97 Å². The Labute approximate surface area is 102 Å². The number of nitrogens with one attached hydrogen (secondary N) is 1. The van der Waals surface area contributed by atoms with Crippen LogP contribution in [0.25, 0.3) is 0 Å². The van der Waals surface area contributed by atoms with E-state index in [1.165, 1.54) is 0 Å². The predicted octanol–water partition coefficient (Wildman–Crippen LogP) is 2.58. The van der Waals surface area contributed by atoms with Gasteiger partial charge in [0.25, 0.3) is 0 Å². The highest BCUT2D eigenvalue weighted by atomic mass is 16.6. The molecule has 1 fully saturated rings. The topological polar surface area (TPSA) is 38.3 Å². The van der Waals surface area contributed by atoms with Crippen LogP contribution >= 0.6 is 0 Å². The van der Waals surface area contributed by atoms with Gasteiger partial charge in [0, 0.05) is 6.42 Å². The van der Waals surface area contributed by atoms with E-state index in [1.807, 2.05) is 18.2 Å². The van der Waals surface area contributed by atoms with E-state index in [1.54, 1.807) is 12.1 Å². The zero-order valence-electron chi connectivity index (χ0n) is 10.4. The lowest BCUT2D eigenvalue weighted by molar-refractivity contribution is -0.00483. The van der Waals surface area contributed by atoms with Gasteiger partial charge < -0.3 is 4.74 Å². The Morgan fingerprint density at radius 2 is 2.06 bits per heavy atom. The molecule has 0 bridgehead atoms. The molecule has 1 aliphatic rings. The van der Waals surface area contributed by atoms with E-state index in [-0.39, 0.29) is 17.6 Å². The fourth-order valence-corrected chi connectivity index (χ4v) is 2.10. The van der Waals surface area contributed by atoms with Crippen molar-refractivity contribution in [1.29, 1.82) is 0 Å². The molecule has 1 aromatic carbocycles. The molecule has 0 aromatic heterocycles. The van der Waals surface area contributed by atoms with E-state index in [2.05, 4.69) is 19.2 Å². The van der Waals surface area contributed by atoms with Gasteiger partial charge in [0.15, 0.2) is 6.23 Å². The number of hydrogen-bond acceptors (Lipinski definition) is 3. The number of rotatable bonds is 2. The molecule has 0 saturated carbocycles. The summed E-state index contributed by atoms with van der Waals surface area (Å²) in [6.07, 6.45) is 1.82. The van der Waals surface area contributed by atoms with Gasteiger partial charge in [-0.05, 0) is 30.5 Å². The highest BCUT2D eigenvalue weighted by Gasteiger charge is 2.29. The van der Waals surface area contributed by atoms with Crippen LogP contribution in [0.1, 0.15) is 37.0 Å². The van der Waals surface area contributed by atoms with Crippen LogP contribution in [0.2, 0.25) is 0 Å². The molecule has 1 atom stereocenters. The highest BCUT2D eigenvalue weighted by Crippen LogP contribution is 2.30. The molecule has 1 unspecified atom stereocenters. The van der Waals surface area contributed by atoms with Gasteiger partial charge in [-0.15, -0.1) is 0 Å². The van der Waals surface area contributed by atoms with E-state index in [9.17, 15) is 4.79 Å². The zero-order chi connectivity index (χ0) is 12.3. The van der Waals surface area contributed by atoms with Crippen molar-refractivity contribution in [3.05, 3.63) is 35.9 Å².